The highest BCUT2D eigenvalue weighted by atomic mass is 16.3. The molecule has 0 spiro atoms. The van der Waals surface area contributed by atoms with Crippen LogP contribution in [-0.2, 0) is 17.9 Å². The number of carbonyl (C=O) groups is 1. The summed E-state index contributed by atoms with van der Waals surface area (Å²) in [5.41, 5.74) is 1.82. The van der Waals surface area contributed by atoms with E-state index in [-0.39, 0.29) is 18.6 Å². The van der Waals surface area contributed by atoms with E-state index in [2.05, 4.69) is 24.1 Å². The number of aliphatic hydroxyl groups excluding tert-OH is 1. The van der Waals surface area contributed by atoms with Crippen LogP contribution in [0.2, 0.25) is 0 Å². The van der Waals surface area contributed by atoms with Crippen LogP contribution in [0.3, 0.4) is 0 Å². The van der Waals surface area contributed by atoms with Crippen LogP contribution in [0.5, 0.6) is 0 Å². The maximum atomic E-state index is 12.7. The van der Waals surface area contributed by atoms with Crippen LogP contribution >= 0.6 is 0 Å². The van der Waals surface area contributed by atoms with Gasteiger partial charge in [-0.3, -0.25) is 4.79 Å². The van der Waals surface area contributed by atoms with E-state index >= 15 is 0 Å². The van der Waals surface area contributed by atoms with Crippen molar-refractivity contribution in [1.82, 2.24) is 19.4 Å². The molecule has 3 aromatic rings. The maximum Gasteiger partial charge on any atom is 0.243 e. The van der Waals surface area contributed by atoms with Gasteiger partial charge in [-0.15, -0.1) is 0 Å². The molecule has 6 nitrogen and oxygen atoms in total. The molecule has 0 bridgehead atoms. The minimum atomic E-state index is -0.207. The van der Waals surface area contributed by atoms with Gasteiger partial charge in [0.15, 0.2) is 0 Å². The zero-order valence-corrected chi connectivity index (χ0v) is 15.3. The molecular weight excluding hydrogens is 328 g/mol. The fraction of sp³-hybridized carbons (Fsp3) is 0.400. The molecule has 26 heavy (non-hydrogen) atoms. The Balaban J connectivity index is 1.68. The van der Waals surface area contributed by atoms with Gasteiger partial charge in [-0.25, -0.2) is 4.98 Å². The largest absolute Gasteiger partial charge is 0.388 e. The Morgan fingerprint density at radius 3 is 2.62 bits per heavy atom. The van der Waals surface area contributed by atoms with Crippen LogP contribution in [0.4, 0.5) is 0 Å². The maximum absolute atomic E-state index is 12.7. The molecule has 2 aromatic heterocycles. The predicted octanol–water partition coefficient (Wildman–Crippen LogP) is 2.73. The van der Waals surface area contributed by atoms with Gasteiger partial charge in [-0.1, -0.05) is 26.0 Å². The van der Waals surface area contributed by atoms with Gasteiger partial charge < -0.3 is 19.6 Å². The van der Waals surface area contributed by atoms with Crippen LogP contribution in [-0.4, -0.2) is 31.7 Å². The minimum absolute atomic E-state index is 0.0184. The number of benzene rings is 1. The van der Waals surface area contributed by atoms with E-state index in [1.807, 2.05) is 57.9 Å². The summed E-state index contributed by atoms with van der Waals surface area (Å²) in [6.07, 6.45) is 4.65. The molecule has 1 amide bonds. The summed E-state index contributed by atoms with van der Waals surface area (Å²) >= 11 is 0. The number of carbonyl (C=O) groups excluding carboxylic acids is 1. The van der Waals surface area contributed by atoms with Crippen molar-refractivity contribution in [3.05, 3.63) is 54.6 Å². The molecule has 2 N–H and O–H groups in total. The van der Waals surface area contributed by atoms with Gasteiger partial charge in [-0.2, -0.15) is 0 Å². The smallest absolute Gasteiger partial charge is 0.243 e. The number of rotatable bonds is 8. The highest BCUT2D eigenvalue weighted by molar-refractivity contribution is 5.80. The van der Waals surface area contributed by atoms with E-state index < -0.39 is 0 Å². The van der Waals surface area contributed by atoms with Crippen molar-refractivity contribution in [2.75, 3.05) is 6.54 Å². The van der Waals surface area contributed by atoms with Crippen molar-refractivity contribution in [2.45, 2.75) is 39.5 Å². The molecule has 3 rings (SSSR count). The van der Waals surface area contributed by atoms with Crippen molar-refractivity contribution in [3.8, 4) is 0 Å². The normalized spacial score (nSPS) is 12.6. The summed E-state index contributed by atoms with van der Waals surface area (Å²) in [6, 6.07) is 11.4. The van der Waals surface area contributed by atoms with Gasteiger partial charge in [-0.05, 0) is 36.6 Å². The van der Waals surface area contributed by atoms with Crippen molar-refractivity contribution in [1.29, 1.82) is 0 Å². The third-order valence-electron chi connectivity index (χ3n) is 4.49. The first kappa shape index (κ1) is 18.2. The fourth-order valence-corrected chi connectivity index (χ4v) is 3.27. The molecule has 0 fully saturated rings. The molecule has 0 aliphatic heterocycles. The second-order valence-electron chi connectivity index (χ2n) is 6.89. The SMILES string of the molecule is CC(C)C[C@@H](C(=O)NCCn1c(CO)nc2ccccc21)n1cccc1. The molecule has 0 unspecified atom stereocenters. The highest BCUT2D eigenvalue weighted by Crippen LogP contribution is 2.19. The first-order chi connectivity index (χ1) is 12.6. The number of aliphatic hydroxyl groups is 1. The zero-order valence-electron chi connectivity index (χ0n) is 15.3. The Hall–Kier alpha value is -2.60. The predicted molar refractivity (Wildman–Crippen MR) is 102 cm³/mol. The van der Waals surface area contributed by atoms with Crippen LogP contribution in [0.15, 0.2) is 48.8 Å². The molecule has 1 atom stereocenters. The van der Waals surface area contributed by atoms with Crippen molar-refractivity contribution >= 4 is 16.9 Å². The van der Waals surface area contributed by atoms with Gasteiger partial charge in [0.2, 0.25) is 5.91 Å². The number of hydrogen-bond donors (Lipinski definition) is 2. The average Bonchev–Trinajstić information content (AvgIpc) is 3.27. The van der Waals surface area contributed by atoms with Crippen LogP contribution in [0.1, 0.15) is 32.1 Å². The van der Waals surface area contributed by atoms with Crippen LogP contribution in [0.25, 0.3) is 11.0 Å². The summed E-state index contributed by atoms with van der Waals surface area (Å²) in [4.78, 5) is 17.2. The topological polar surface area (TPSA) is 72.1 Å². The number of para-hydroxylation sites is 2. The number of nitrogens with zero attached hydrogens (tertiary/aromatic N) is 3. The average molecular weight is 354 g/mol. The lowest BCUT2D eigenvalue weighted by Gasteiger charge is -2.20. The highest BCUT2D eigenvalue weighted by Gasteiger charge is 2.20. The Bertz CT molecular complexity index is 852. The van der Waals surface area contributed by atoms with Gasteiger partial charge >= 0.3 is 0 Å². The lowest BCUT2D eigenvalue weighted by Crippen LogP contribution is -2.35. The standard InChI is InChI=1S/C20H26N4O2/c1-15(2)13-18(23-10-5-6-11-23)20(26)21-9-12-24-17-8-4-3-7-16(17)22-19(24)14-25/h3-8,10-11,15,18,25H,9,12-14H2,1-2H3,(H,21,26)/t18-/m0/s1. The van der Waals surface area contributed by atoms with Gasteiger partial charge in [0.1, 0.15) is 18.5 Å². The lowest BCUT2D eigenvalue weighted by atomic mass is 10.0. The van der Waals surface area contributed by atoms with E-state index in [1.54, 1.807) is 0 Å². The Labute approximate surface area is 153 Å². The van der Waals surface area contributed by atoms with Gasteiger partial charge in [0, 0.05) is 25.5 Å². The lowest BCUT2D eigenvalue weighted by molar-refractivity contribution is -0.124. The molecule has 138 valence electrons. The zero-order chi connectivity index (χ0) is 18.5. The number of imidazole rings is 1. The van der Waals surface area contributed by atoms with E-state index in [9.17, 15) is 9.90 Å². The molecule has 0 radical (unpaired) electrons. The summed E-state index contributed by atoms with van der Waals surface area (Å²) < 4.78 is 3.92. The first-order valence-corrected chi connectivity index (χ1v) is 9.05. The van der Waals surface area contributed by atoms with Gasteiger partial charge in [0.25, 0.3) is 0 Å². The summed E-state index contributed by atoms with van der Waals surface area (Å²) in [6.45, 7) is 5.18. The van der Waals surface area contributed by atoms with Gasteiger partial charge in [0.05, 0.1) is 11.0 Å². The Morgan fingerprint density at radius 1 is 1.19 bits per heavy atom. The van der Waals surface area contributed by atoms with Crippen molar-refractivity contribution < 1.29 is 9.90 Å². The summed E-state index contributed by atoms with van der Waals surface area (Å²) in [7, 11) is 0. The minimum Gasteiger partial charge on any atom is -0.388 e. The second-order valence-corrected chi connectivity index (χ2v) is 6.89. The molecule has 6 heteroatoms. The Kier molecular flexibility index (Phi) is 5.73. The van der Waals surface area contributed by atoms with Crippen LogP contribution < -0.4 is 5.32 Å². The molecule has 0 aliphatic carbocycles. The molecule has 1 aromatic carbocycles. The third-order valence-corrected chi connectivity index (χ3v) is 4.49. The van der Waals surface area contributed by atoms with Crippen LogP contribution in [0, 0.1) is 5.92 Å². The van der Waals surface area contributed by atoms with Crippen molar-refractivity contribution in [3.63, 3.8) is 0 Å². The molecule has 0 saturated carbocycles. The number of hydrogen-bond acceptors (Lipinski definition) is 3. The van der Waals surface area contributed by atoms with E-state index in [0.29, 0.717) is 24.8 Å². The first-order valence-electron chi connectivity index (χ1n) is 9.05. The third kappa shape index (κ3) is 3.96. The molecular formula is C20H26N4O2. The number of fused-ring (bicyclic) bond motifs is 1. The molecule has 0 aliphatic rings. The Morgan fingerprint density at radius 2 is 1.92 bits per heavy atom. The summed E-state index contributed by atoms with van der Waals surface area (Å²) in [5, 5.41) is 12.6. The van der Waals surface area contributed by atoms with E-state index in [1.165, 1.54) is 0 Å². The monoisotopic (exact) mass is 354 g/mol. The van der Waals surface area contributed by atoms with Crippen molar-refractivity contribution in [2.24, 2.45) is 5.92 Å². The quantitative estimate of drug-likeness (QED) is 0.653. The summed E-state index contributed by atoms with van der Waals surface area (Å²) in [5.74, 6) is 1.06. The number of aromatic nitrogens is 3. The number of amides is 1. The van der Waals surface area contributed by atoms with E-state index in [4.69, 9.17) is 0 Å². The molecule has 2 heterocycles. The fourth-order valence-electron chi connectivity index (χ4n) is 3.27. The molecule has 0 saturated heterocycles. The second kappa shape index (κ2) is 8.19. The van der Waals surface area contributed by atoms with E-state index in [0.717, 1.165) is 17.5 Å². The number of nitrogens with one attached hydrogen (secondary N) is 1.